The molecule has 31 heavy (non-hydrogen) atoms. The van der Waals surface area contributed by atoms with Crippen LogP contribution in [0.2, 0.25) is 0 Å². The highest BCUT2D eigenvalue weighted by Crippen LogP contribution is 2.54. The fourth-order valence-corrected chi connectivity index (χ4v) is 5.39. The van der Waals surface area contributed by atoms with Crippen LogP contribution in [-0.4, -0.2) is 23.3 Å². The van der Waals surface area contributed by atoms with E-state index in [4.69, 9.17) is 11.5 Å². The zero-order valence-corrected chi connectivity index (χ0v) is 21.3. The van der Waals surface area contributed by atoms with Crippen molar-refractivity contribution in [1.82, 2.24) is 0 Å². The Bertz CT molecular complexity index is 599. The van der Waals surface area contributed by atoms with Crippen molar-refractivity contribution in [2.75, 3.05) is 6.54 Å². The lowest BCUT2D eigenvalue weighted by Gasteiger charge is -2.38. The quantitative estimate of drug-likeness (QED) is 0.418. The topological polar surface area (TPSA) is 72.3 Å². The monoisotopic (exact) mass is 432 g/mol. The van der Waals surface area contributed by atoms with Gasteiger partial charge in [0.25, 0.3) is 0 Å². The first kappa shape index (κ1) is 28.1. The molecule has 3 nitrogen and oxygen atoms in total. The van der Waals surface area contributed by atoms with Crippen molar-refractivity contribution in [2.45, 2.75) is 123 Å². The van der Waals surface area contributed by atoms with Crippen molar-refractivity contribution in [3.8, 4) is 0 Å². The molecule has 3 atom stereocenters. The number of nitrogens with two attached hydrogens (primary N) is 2. The van der Waals surface area contributed by atoms with Gasteiger partial charge in [0.2, 0.25) is 0 Å². The number of hydrogen-bond donors (Lipinski definition) is 3. The predicted molar refractivity (Wildman–Crippen MR) is 137 cm³/mol. The van der Waals surface area contributed by atoms with E-state index in [0.717, 1.165) is 56.6 Å². The summed E-state index contributed by atoms with van der Waals surface area (Å²) in [5.74, 6) is 0.815. The van der Waals surface area contributed by atoms with Crippen molar-refractivity contribution in [1.29, 1.82) is 0 Å². The Hall–Kier alpha value is -0.900. The third-order valence-electron chi connectivity index (χ3n) is 7.26. The molecular weight excluding hydrogens is 380 g/mol. The number of rotatable bonds is 5. The molecule has 0 aliphatic heterocycles. The van der Waals surface area contributed by atoms with Crippen molar-refractivity contribution in [3.63, 3.8) is 0 Å². The Morgan fingerprint density at radius 1 is 1.06 bits per heavy atom. The maximum Gasteiger partial charge on any atom is 0.0787 e. The standard InChI is InChI=1S/C19H28O.C7H18N2.C2H6/c1-14-15(6-3-9-18(14)20)10-11-16-7-4-12-19(2)13-5-8-17(16)19;1-7(2,9)5-3-4-6-8;1-2/h10-11,17-18,20H,1,3-9,12-13H2,2H3;3-6,8-9H2,1-2H3;1-2H3/b15-10-,16-11+;;. The molecule has 3 unspecified atom stereocenters. The van der Waals surface area contributed by atoms with Crippen molar-refractivity contribution in [3.05, 3.63) is 35.5 Å². The number of fused-ring (bicyclic) bond motifs is 1. The fraction of sp³-hybridized carbons (Fsp3) is 0.786. The van der Waals surface area contributed by atoms with Crippen LogP contribution in [0.1, 0.15) is 112 Å². The van der Waals surface area contributed by atoms with Gasteiger partial charge < -0.3 is 16.6 Å². The van der Waals surface area contributed by atoms with Gasteiger partial charge in [0.05, 0.1) is 6.10 Å². The molecule has 180 valence electrons. The summed E-state index contributed by atoms with van der Waals surface area (Å²) in [5, 5.41) is 9.92. The van der Waals surface area contributed by atoms with Gasteiger partial charge in [-0.05, 0) is 107 Å². The van der Waals surface area contributed by atoms with E-state index in [1.807, 2.05) is 27.7 Å². The molecule has 0 spiro atoms. The van der Waals surface area contributed by atoms with Gasteiger partial charge >= 0.3 is 0 Å². The Labute approximate surface area is 193 Å². The predicted octanol–water partition coefficient (Wildman–Crippen LogP) is 6.81. The summed E-state index contributed by atoms with van der Waals surface area (Å²) in [4.78, 5) is 0. The molecule has 0 saturated heterocycles. The van der Waals surface area contributed by atoms with E-state index in [1.54, 1.807) is 5.57 Å². The van der Waals surface area contributed by atoms with Gasteiger partial charge in [-0.25, -0.2) is 0 Å². The summed E-state index contributed by atoms with van der Waals surface area (Å²) >= 11 is 0. The van der Waals surface area contributed by atoms with Crippen molar-refractivity contribution in [2.24, 2.45) is 22.8 Å². The summed E-state index contributed by atoms with van der Waals surface area (Å²) in [6, 6.07) is 0. The van der Waals surface area contributed by atoms with Crippen LogP contribution in [0, 0.1) is 11.3 Å². The third kappa shape index (κ3) is 9.24. The summed E-state index contributed by atoms with van der Waals surface area (Å²) in [6.45, 7) is 15.4. The van der Waals surface area contributed by atoms with E-state index in [-0.39, 0.29) is 11.6 Å². The summed E-state index contributed by atoms with van der Waals surface area (Å²) in [5.41, 5.74) is 15.5. The van der Waals surface area contributed by atoms with Gasteiger partial charge in [0, 0.05) is 5.54 Å². The molecular formula is C28H52N2O. The van der Waals surface area contributed by atoms with Gasteiger partial charge in [-0.2, -0.15) is 0 Å². The van der Waals surface area contributed by atoms with Gasteiger partial charge in [0.15, 0.2) is 0 Å². The first-order valence-corrected chi connectivity index (χ1v) is 12.9. The summed E-state index contributed by atoms with van der Waals surface area (Å²) in [7, 11) is 0. The highest BCUT2D eigenvalue weighted by Gasteiger charge is 2.42. The van der Waals surface area contributed by atoms with Gasteiger partial charge in [0.1, 0.15) is 0 Å². The highest BCUT2D eigenvalue weighted by molar-refractivity contribution is 5.37. The molecule has 0 amide bonds. The maximum absolute atomic E-state index is 9.92. The molecule has 0 aromatic heterocycles. The van der Waals surface area contributed by atoms with Crippen LogP contribution in [0.3, 0.4) is 0 Å². The van der Waals surface area contributed by atoms with Crippen LogP contribution in [0.25, 0.3) is 0 Å². The first-order valence-electron chi connectivity index (χ1n) is 12.9. The Balaban J connectivity index is 0.000000372. The third-order valence-corrected chi connectivity index (χ3v) is 7.26. The Morgan fingerprint density at radius 2 is 1.74 bits per heavy atom. The summed E-state index contributed by atoms with van der Waals surface area (Å²) < 4.78 is 0. The fourth-order valence-electron chi connectivity index (χ4n) is 5.39. The van der Waals surface area contributed by atoms with E-state index >= 15 is 0 Å². The zero-order valence-electron chi connectivity index (χ0n) is 21.3. The number of aliphatic hydroxyl groups excluding tert-OH is 1. The molecule has 3 rings (SSSR count). The molecule has 0 heterocycles. The minimum Gasteiger partial charge on any atom is -0.388 e. The maximum atomic E-state index is 9.92. The lowest BCUT2D eigenvalue weighted by atomic mass is 9.67. The molecule has 3 heteroatoms. The second-order valence-corrected chi connectivity index (χ2v) is 10.6. The van der Waals surface area contributed by atoms with Crippen LogP contribution in [0.15, 0.2) is 35.5 Å². The minimum atomic E-state index is -0.309. The molecule has 0 radical (unpaired) electrons. The Kier molecular flexibility index (Phi) is 12.3. The van der Waals surface area contributed by atoms with Crippen molar-refractivity contribution >= 4 is 0 Å². The van der Waals surface area contributed by atoms with Crippen LogP contribution in [0.4, 0.5) is 0 Å². The molecule has 3 saturated carbocycles. The average Bonchev–Trinajstić information content (AvgIpc) is 3.12. The molecule has 0 bridgehead atoms. The number of aliphatic hydroxyl groups is 1. The van der Waals surface area contributed by atoms with Gasteiger partial charge in [-0.1, -0.05) is 57.9 Å². The second kappa shape index (κ2) is 13.6. The molecule has 0 aromatic carbocycles. The van der Waals surface area contributed by atoms with Crippen molar-refractivity contribution < 1.29 is 5.11 Å². The zero-order chi connectivity index (χ0) is 23.5. The smallest absolute Gasteiger partial charge is 0.0787 e. The van der Waals surface area contributed by atoms with Crippen LogP contribution in [-0.2, 0) is 0 Å². The molecule has 3 fully saturated rings. The molecule has 5 N–H and O–H groups in total. The van der Waals surface area contributed by atoms with Gasteiger partial charge in [-0.15, -0.1) is 0 Å². The lowest BCUT2D eigenvalue weighted by molar-refractivity contribution is 0.191. The van der Waals surface area contributed by atoms with E-state index in [0.29, 0.717) is 5.41 Å². The SMILES string of the molecule is C=C1/C(=C\C=C2/CCCC3(C)CCCC23)CCCC1O.CC.CC(C)(N)CCCCN. The van der Waals surface area contributed by atoms with E-state index in [1.165, 1.54) is 44.1 Å². The average molecular weight is 433 g/mol. The largest absolute Gasteiger partial charge is 0.388 e. The lowest BCUT2D eigenvalue weighted by Crippen LogP contribution is -2.31. The number of unbranched alkanes of at least 4 members (excludes halogenated alkanes) is 1. The summed E-state index contributed by atoms with van der Waals surface area (Å²) in [6.07, 6.45) is 19.0. The first-order chi connectivity index (χ1) is 14.7. The normalized spacial score (nSPS) is 30.9. The van der Waals surface area contributed by atoms with Gasteiger partial charge in [-0.3, -0.25) is 0 Å². The minimum absolute atomic E-state index is 0.00479. The van der Waals surface area contributed by atoms with E-state index < -0.39 is 0 Å². The number of hydrogen-bond acceptors (Lipinski definition) is 3. The van der Waals surface area contributed by atoms with E-state index in [9.17, 15) is 5.11 Å². The second-order valence-electron chi connectivity index (χ2n) is 10.6. The van der Waals surface area contributed by atoms with Crippen LogP contribution >= 0.6 is 0 Å². The Morgan fingerprint density at radius 3 is 2.39 bits per heavy atom. The molecule has 3 aliphatic rings. The van der Waals surface area contributed by atoms with Crippen LogP contribution in [0.5, 0.6) is 0 Å². The number of allylic oxidation sites excluding steroid dienone is 3. The van der Waals surface area contributed by atoms with E-state index in [2.05, 4.69) is 25.7 Å². The van der Waals surface area contributed by atoms with Crippen LogP contribution < -0.4 is 11.5 Å². The highest BCUT2D eigenvalue weighted by atomic mass is 16.3. The molecule has 3 aliphatic carbocycles. The molecule has 0 aromatic rings.